The van der Waals surface area contributed by atoms with E-state index in [1.807, 2.05) is 0 Å². The highest BCUT2D eigenvalue weighted by Gasteiger charge is 2.24. The van der Waals surface area contributed by atoms with Gasteiger partial charge >= 0.3 is 6.09 Å². The molecule has 0 radical (unpaired) electrons. The van der Waals surface area contributed by atoms with Crippen LogP contribution in [0.4, 0.5) is 15.0 Å². The summed E-state index contributed by atoms with van der Waals surface area (Å²) < 4.78 is 18.8. The van der Waals surface area contributed by atoms with Crippen LogP contribution in [0.1, 0.15) is 36.7 Å². The normalized spacial score (nSPS) is 11.0. The van der Waals surface area contributed by atoms with Crippen LogP contribution in [0.5, 0.6) is 0 Å². The van der Waals surface area contributed by atoms with Crippen molar-refractivity contribution in [3.63, 3.8) is 0 Å². The van der Waals surface area contributed by atoms with Gasteiger partial charge in [0.2, 0.25) is 0 Å². The van der Waals surface area contributed by atoms with E-state index in [0.717, 1.165) is 6.07 Å². The molecule has 0 spiro atoms. The molecule has 0 atom stereocenters. The van der Waals surface area contributed by atoms with Gasteiger partial charge in [-0.15, -0.1) is 0 Å². The average molecular weight is 347 g/mol. The Morgan fingerprint density at radius 3 is 2.64 bits per heavy atom. The number of hydrogen-bond acceptors (Lipinski definition) is 5. The number of carbonyl (C=O) groups is 2. The minimum absolute atomic E-state index is 0.0734. The molecule has 0 fully saturated rings. The number of aromatic nitrogens is 2. The van der Waals surface area contributed by atoms with E-state index in [2.05, 4.69) is 9.97 Å². The Balaban J connectivity index is 2.36. The number of rotatable bonds is 4. The second-order valence-electron chi connectivity index (χ2n) is 6.32. The van der Waals surface area contributed by atoms with Crippen LogP contribution in [0.2, 0.25) is 0 Å². The van der Waals surface area contributed by atoms with Gasteiger partial charge in [0.05, 0.1) is 6.54 Å². The molecule has 8 heteroatoms. The van der Waals surface area contributed by atoms with Crippen molar-refractivity contribution in [2.75, 3.05) is 4.90 Å². The summed E-state index contributed by atoms with van der Waals surface area (Å²) >= 11 is 0. The van der Waals surface area contributed by atoms with Crippen LogP contribution < -0.4 is 10.5 Å². The van der Waals surface area contributed by atoms with Crippen LogP contribution in [0.15, 0.2) is 35.4 Å². The van der Waals surface area contributed by atoms with Crippen molar-refractivity contribution in [3.05, 3.63) is 57.9 Å². The summed E-state index contributed by atoms with van der Waals surface area (Å²) in [6, 6.07) is 4.02. The van der Waals surface area contributed by atoms with E-state index < -0.39 is 23.1 Å². The number of nitrogens with zero attached hydrogens (tertiary/aromatic N) is 2. The first-order chi connectivity index (χ1) is 11.7. The summed E-state index contributed by atoms with van der Waals surface area (Å²) in [5.41, 5.74) is -0.887. The van der Waals surface area contributed by atoms with Crippen molar-refractivity contribution >= 4 is 18.2 Å². The zero-order valence-electron chi connectivity index (χ0n) is 14.1. The minimum Gasteiger partial charge on any atom is -0.443 e. The van der Waals surface area contributed by atoms with Crippen LogP contribution in [-0.2, 0) is 11.3 Å². The van der Waals surface area contributed by atoms with Gasteiger partial charge in [0.25, 0.3) is 5.56 Å². The van der Waals surface area contributed by atoms with Crippen molar-refractivity contribution in [1.29, 1.82) is 0 Å². The molecule has 0 saturated carbocycles. The van der Waals surface area contributed by atoms with Gasteiger partial charge in [-0.1, -0.05) is 0 Å². The highest BCUT2D eigenvalue weighted by Crippen LogP contribution is 2.19. The SMILES string of the molecule is CC(C)(C)OC(=O)N(Cc1c[nH]c(=O)c(F)c1)c1ccc(C=O)cn1. The van der Waals surface area contributed by atoms with Crippen LogP contribution >= 0.6 is 0 Å². The Labute approximate surface area is 143 Å². The quantitative estimate of drug-likeness (QED) is 0.859. The fourth-order valence-corrected chi connectivity index (χ4v) is 1.95. The van der Waals surface area contributed by atoms with E-state index >= 15 is 0 Å². The highest BCUT2D eigenvalue weighted by atomic mass is 19.1. The Kier molecular flexibility index (Phi) is 5.31. The molecule has 2 heterocycles. The van der Waals surface area contributed by atoms with Gasteiger partial charge in [0, 0.05) is 18.0 Å². The highest BCUT2D eigenvalue weighted by molar-refractivity contribution is 5.87. The van der Waals surface area contributed by atoms with Gasteiger partial charge in [-0.2, -0.15) is 0 Å². The zero-order valence-corrected chi connectivity index (χ0v) is 14.1. The maximum absolute atomic E-state index is 13.5. The van der Waals surface area contributed by atoms with E-state index in [0.29, 0.717) is 17.4 Å². The van der Waals surface area contributed by atoms with Crippen molar-refractivity contribution in [3.8, 4) is 0 Å². The average Bonchev–Trinajstić information content (AvgIpc) is 2.54. The monoisotopic (exact) mass is 347 g/mol. The van der Waals surface area contributed by atoms with Crippen molar-refractivity contribution in [2.24, 2.45) is 0 Å². The van der Waals surface area contributed by atoms with Crippen LogP contribution in [-0.4, -0.2) is 27.9 Å². The summed E-state index contributed by atoms with van der Waals surface area (Å²) in [4.78, 5) is 41.9. The molecule has 0 unspecified atom stereocenters. The second kappa shape index (κ2) is 7.25. The molecular weight excluding hydrogens is 329 g/mol. The molecule has 0 aliphatic rings. The largest absolute Gasteiger partial charge is 0.443 e. The Bertz CT molecular complexity index is 825. The maximum Gasteiger partial charge on any atom is 0.416 e. The summed E-state index contributed by atoms with van der Waals surface area (Å²) in [6.45, 7) is 5.07. The molecule has 0 saturated heterocycles. The second-order valence-corrected chi connectivity index (χ2v) is 6.32. The van der Waals surface area contributed by atoms with Gasteiger partial charge in [-0.3, -0.25) is 14.5 Å². The zero-order chi connectivity index (χ0) is 18.6. The molecule has 0 aliphatic carbocycles. The van der Waals surface area contributed by atoms with Gasteiger partial charge in [-0.05, 0) is 44.5 Å². The third-order valence-corrected chi connectivity index (χ3v) is 3.06. The number of aldehydes is 1. The summed E-state index contributed by atoms with van der Waals surface area (Å²) in [7, 11) is 0. The van der Waals surface area contributed by atoms with Gasteiger partial charge in [0.1, 0.15) is 11.4 Å². The van der Waals surface area contributed by atoms with Gasteiger partial charge < -0.3 is 9.72 Å². The number of pyridine rings is 2. The number of hydrogen-bond donors (Lipinski definition) is 1. The van der Waals surface area contributed by atoms with Gasteiger partial charge in [0.15, 0.2) is 12.1 Å². The van der Waals surface area contributed by atoms with Crippen molar-refractivity contribution in [2.45, 2.75) is 32.9 Å². The third kappa shape index (κ3) is 4.97. The predicted octanol–water partition coefficient (Wildman–Crippen LogP) is 2.66. The lowest BCUT2D eigenvalue weighted by atomic mass is 10.2. The molecular formula is C17H18FN3O4. The number of nitrogens with one attached hydrogen (secondary N) is 1. The number of halogens is 1. The Hall–Kier alpha value is -3.03. The van der Waals surface area contributed by atoms with Crippen molar-refractivity contribution in [1.82, 2.24) is 9.97 Å². The lowest BCUT2D eigenvalue weighted by Gasteiger charge is -2.26. The van der Waals surface area contributed by atoms with E-state index in [1.54, 1.807) is 20.8 Å². The topological polar surface area (TPSA) is 92.4 Å². The Morgan fingerprint density at radius 1 is 1.40 bits per heavy atom. The number of amides is 1. The molecule has 2 aromatic heterocycles. The smallest absolute Gasteiger partial charge is 0.416 e. The van der Waals surface area contributed by atoms with Crippen LogP contribution in [0.25, 0.3) is 0 Å². The lowest BCUT2D eigenvalue weighted by molar-refractivity contribution is 0.0576. The number of H-pyrrole nitrogens is 1. The molecule has 2 rings (SSSR count). The molecule has 25 heavy (non-hydrogen) atoms. The molecule has 132 valence electrons. The maximum atomic E-state index is 13.5. The molecule has 2 aromatic rings. The van der Waals surface area contributed by atoms with Gasteiger partial charge in [-0.25, -0.2) is 14.2 Å². The van der Waals surface area contributed by atoms with Crippen LogP contribution in [0, 0.1) is 5.82 Å². The molecule has 0 aromatic carbocycles. The van der Waals surface area contributed by atoms with Crippen LogP contribution in [0.3, 0.4) is 0 Å². The number of carbonyl (C=O) groups excluding carboxylic acids is 2. The molecule has 1 N–H and O–H groups in total. The standard InChI is InChI=1S/C17H18FN3O4/c1-17(2,3)25-16(24)21(14-5-4-11(10-22)7-19-14)9-12-6-13(18)15(23)20-8-12/h4-8,10H,9H2,1-3H3,(H,20,23). The summed E-state index contributed by atoms with van der Waals surface area (Å²) in [5.74, 6) is -0.725. The lowest BCUT2D eigenvalue weighted by Crippen LogP contribution is -2.37. The van der Waals surface area contributed by atoms with E-state index in [4.69, 9.17) is 4.74 Å². The molecule has 0 aliphatic heterocycles. The number of aromatic amines is 1. The van der Waals surface area contributed by atoms with E-state index in [-0.39, 0.29) is 12.4 Å². The molecule has 7 nitrogen and oxygen atoms in total. The predicted molar refractivity (Wildman–Crippen MR) is 89.1 cm³/mol. The summed E-state index contributed by atoms with van der Waals surface area (Å²) in [6.07, 6.45) is 2.56. The summed E-state index contributed by atoms with van der Waals surface area (Å²) in [5, 5.41) is 0. The number of anilines is 1. The fraction of sp³-hybridized carbons (Fsp3) is 0.294. The van der Waals surface area contributed by atoms with E-state index in [1.165, 1.54) is 29.4 Å². The third-order valence-electron chi connectivity index (χ3n) is 3.06. The fourth-order valence-electron chi connectivity index (χ4n) is 1.95. The number of ether oxygens (including phenoxy) is 1. The molecule has 0 bridgehead atoms. The molecule has 1 amide bonds. The Morgan fingerprint density at radius 2 is 2.12 bits per heavy atom. The van der Waals surface area contributed by atoms with Crippen molar-refractivity contribution < 1.29 is 18.7 Å². The first-order valence-electron chi connectivity index (χ1n) is 7.48. The first-order valence-corrected chi connectivity index (χ1v) is 7.48. The minimum atomic E-state index is -0.953. The first kappa shape index (κ1) is 18.3. The van der Waals surface area contributed by atoms with E-state index in [9.17, 15) is 18.8 Å².